The van der Waals surface area contributed by atoms with Gasteiger partial charge in [0.2, 0.25) is 0 Å². The van der Waals surface area contributed by atoms with Crippen LogP contribution in [0.15, 0.2) is 35.7 Å². The summed E-state index contributed by atoms with van der Waals surface area (Å²) in [4.78, 5) is 15.8. The molecule has 1 aromatic carbocycles. The Morgan fingerprint density at radius 2 is 2.04 bits per heavy atom. The number of hydrogen-bond donors (Lipinski definition) is 0. The van der Waals surface area contributed by atoms with Gasteiger partial charge in [-0.25, -0.2) is 4.79 Å². The number of thiophene rings is 1. The van der Waals surface area contributed by atoms with Gasteiger partial charge in [0.15, 0.2) is 0 Å². The van der Waals surface area contributed by atoms with Crippen LogP contribution in [0.1, 0.15) is 42.1 Å². The monoisotopic (exact) mass is 329 g/mol. The first-order chi connectivity index (χ1) is 11.3. The van der Waals surface area contributed by atoms with E-state index in [2.05, 4.69) is 28.5 Å². The number of likely N-dealkylation sites (tertiary alicyclic amines) is 1. The fourth-order valence-electron chi connectivity index (χ4n) is 3.10. The van der Waals surface area contributed by atoms with E-state index in [0.717, 1.165) is 19.6 Å². The third kappa shape index (κ3) is 4.01. The van der Waals surface area contributed by atoms with E-state index in [1.807, 2.05) is 19.1 Å². The molecule has 23 heavy (non-hydrogen) atoms. The molecular formula is C19H23NO2S. The molecule has 0 amide bonds. The number of hydrogen-bond acceptors (Lipinski definition) is 4. The van der Waals surface area contributed by atoms with Crippen LogP contribution in [0.5, 0.6) is 0 Å². The van der Waals surface area contributed by atoms with Gasteiger partial charge in [-0.2, -0.15) is 0 Å². The quantitative estimate of drug-likeness (QED) is 0.752. The summed E-state index contributed by atoms with van der Waals surface area (Å²) in [5.74, 6) is -0.231. The van der Waals surface area contributed by atoms with Gasteiger partial charge in [-0.1, -0.05) is 18.6 Å². The van der Waals surface area contributed by atoms with Crippen molar-refractivity contribution in [1.29, 1.82) is 0 Å². The molecule has 0 aliphatic carbocycles. The van der Waals surface area contributed by atoms with Gasteiger partial charge in [0.05, 0.1) is 12.2 Å². The minimum atomic E-state index is -0.231. The predicted octanol–water partition coefficient (Wildman–Crippen LogP) is 4.58. The lowest BCUT2D eigenvalue weighted by atomic mass is 10.0. The number of esters is 1. The van der Waals surface area contributed by atoms with Gasteiger partial charge in [-0.3, -0.25) is 4.90 Å². The van der Waals surface area contributed by atoms with Crippen LogP contribution in [0, 0.1) is 0 Å². The third-order valence-electron chi connectivity index (χ3n) is 4.25. The third-order valence-corrected chi connectivity index (χ3v) is 5.15. The number of benzene rings is 1. The standard InChI is InChI=1S/C19H23NO2S/c1-2-22-19(21)15-8-9-17(18-7-6-12-23-18)16(13-15)14-20-10-4-3-5-11-20/h6-9,12-13H,2-5,10-11,14H2,1H3. The maximum absolute atomic E-state index is 12.1. The van der Waals surface area contributed by atoms with Crippen LogP contribution < -0.4 is 0 Å². The number of ether oxygens (including phenoxy) is 1. The van der Waals surface area contributed by atoms with Crippen LogP contribution in [0.2, 0.25) is 0 Å². The molecule has 0 spiro atoms. The van der Waals surface area contributed by atoms with Crippen LogP contribution in [-0.2, 0) is 11.3 Å². The van der Waals surface area contributed by atoms with E-state index in [1.54, 1.807) is 11.3 Å². The molecule has 2 heterocycles. The highest BCUT2D eigenvalue weighted by atomic mass is 32.1. The Kier molecular flexibility index (Phi) is 5.47. The van der Waals surface area contributed by atoms with Gasteiger partial charge >= 0.3 is 5.97 Å². The summed E-state index contributed by atoms with van der Waals surface area (Å²) >= 11 is 1.74. The molecule has 0 atom stereocenters. The van der Waals surface area contributed by atoms with Gasteiger partial charge in [0, 0.05) is 11.4 Å². The van der Waals surface area contributed by atoms with Crippen molar-refractivity contribution in [1.82, 2.24) is 4.90 Å². The van der Waals surface area contributed by atoms with Crippen LogP contribution in [0.3, 0.4) is 0 Å². The Hall–Kier alpha value is -1.65. The van der Waals surface area contributed by atoms with Crippen molar-refractivity contribution in [2.45, 2.75) is 32.7 Å². The summed E-state index contributed by atoms with van der Waals surface area (Å²) in [7, 11) is 0. The summed E-state index contributed by atoms with van der Waals surface area (Å²) in [6.45, 7) is 5.45. The van der Waals surface area contributed by atoms with Crippen LogP contribution >= 0.6 is 11.3 Å². The smallest absolute Gasteiger partial charge is 0.338 e. The molecule has 122 valence electrons. The molecule has 3 nitrogen and oxygen atoms in total. The van der Waals surface area contributed by atoms with Crippen molar-refractivity contribution in [2.75, 3.05) is 19.7 Å². The Labute approximate surface area is 141 Å². The largest absolute Gasteiger partial charge is 0.462 e. The first-order valence-electron chi connectivity index (χ1n) is 8.34. The second-order valence-electron chi connectivity index (χ2n) is 5.91. The summed E-state index contributed by atoms with van der Waals surface area (Å²) in [6, 6.07) is 10.2. The SMILES string of the molecule is CCOC(=O)c1ccc(-c2cccs2)c(CN2CCCCC2)c1. The fraction of sp³-hybridized carbons (Fsp3) is 0.421. The van der Waals surface area contributed by atoms with Crippen molar-refractivity contribution in [3.05, 3.63) is 46.8 Å². The van der Waals surface area contributed by atoms with E-state index in [1.165, 1.54) is 35.3 Å². The maximum atomic E-state index is 12.1. The van der Waals surface area contributed by atoms with Crippen molar-refractivity contribution in [3.8, 4) is 10.4 Å². The molecule has 0 saturated carbocycles. The summed E-state index contributed by atoms with van der Waals surface area (Å²) in [5, 5.41) is 2.10. The van der Waals surface area contributed by atoms with E-state index < -0.39 is 0 Å². The minimum absolute atomic E-state index is 0.231. The Balaban J connectivity index is 1.90. The van der Waals surface area contributed by atoms with Crippen molar-refractivity contribution in [2.24, 2.45) is 0 Å². The first kappa shape index (κ1) is 16.2. The summed E-state index contributed by atoms with van der Waals surface area (Å²) < 4.78 is 5.15. The maximum Gasteiger partial charge on any atom is 0.338 e. The van der Waals surface area contributed by atoms with Crippen LogP contribution in [0.25, 0.3) is 10.4 Å². The van der Waals surface area contributed by atoms with Gasteiger partial charge in [0.25, 0.3) is 0 Å². The van der Waals surface area contributed by atoms with Crippen LogP contribution in [-0.4, -0.2) is 30.6 Å². The van der Waals surface area contributed by atoms with Crippen molar-refractivity contribution in [3.63, 3.8) is 0 Å². The molecule has 1 aliphatic heterocycles. The minimum Gasteiger partial charge on any atom is -0.462 e. The van der Waals surface area contributed by atoms with E-state index >= 15 is 0 Å². The number of nitrogens with zero attached hydrogens (tertiary/aromatic N) is 1. The van der Waals surface area contributed by atoms with Gasteiger partial charge in [-0.15, -0.1) is 11.3 Å². The normalized spacial score (nSPS) is 15.5. The molecule has 1 fully saturated rings. The van der Waals surface area contributed by atoms with E-state index in [9.17, 15) is 4.79 Å². The second-order valence-corrected chi connectivity index (χ2v) is 6.85. The summed E-state index contributed by atoms with van der Waals surface area (Å²) in [6.07, 6.45) is 3.87. The fourth-order valence-corrected chi connectivity index (χ4v) is 3.88. The van der Waals surface area contributed by atoms with Crippen molar-refractivity contribution >= 4 is 17.3 Å². The number of rotatable bonds is 5. The molecule has 2 aromatic rings. The second kappa shape index (κ2) is 7.75. The summed E-state index contributed by atoms with van der Waals surface area (Å²) in [5.41, 5.74) is 3.11. The number of carbonyl (C=O) groups excluding carboxylic acids is 1. The predicted molar refractivity (Wildman–Crippen MR) is 94.8 cm³/mol. The van der Waals surface area contributed by atoms with Crippen LogP contribution in [0.4, 0.5) is 0 Å². The number of carbonyl (C=O) groups is 1. The highest BCUT2D eigenvalue weighted by Crippen LogP contribution is 2.30. The number of piperidine rings is 1. The topological polar surface area (TPSA) is 29.5 Å². The van der Waals surface area contributed by atoms with E-state index in [-0.39, 0.29) is 5.97 Å². The molecule has 4 heteroatoms. The average molecular weight is 329 g/mol. The first-order valence-corrected chi connectivity index (χ1v) is 9.22. The Bertz CT molecular complexity index is 645. The lowest BCUT2D eigenvalue weighted by Gasteiger charge is -2.27. The molecule has 0 radical (unpaired) electrons. The zero-order valence-electron chi connectivity index (χ0n) is 13.6. The average Bonchev–Trinajstić information content (AvgIpc) is 3.10. The molecular weight excluding hydrogens is 306 g/mol. The van der Waals surface area contributed by atoms with Gasteiger partial charge in [-0.05, 0) is 67.6 Å². The van der Waals surface area contributed by atoms with E-state index in [4.69, 9.17) is 4.74 Å². The zero-order chi connectivity index (χ0) is 16.1. The molecule has 1 aliphatic rings. The van der Waals surface area contributed by atoms with Crippen molar-refractivity contribution < 1.29 is 9.53 Å². The lowest BCUT2D eigenvalue weighted by Crippen LogP contribution is -2.29. The molecule has 0 bridgehead atoms. The Morgan fingerprint density at radius 1 is 1.22 bits per heavy atom. The molecule has 1 aromatic heterocycles. The zero-order valence-corrected chi connectivity index (χ0v) is 14.4. The molecule has 1 saturated heterocycles. The molecule has 0 unspecified atom stereocenters. The highest BCUT2D eigenvalue weighted by molar-refractivity contribution is 7.13. The molecule has 0 N–H and O–H groups in total. The molecule has 3 rings (SSSR count). The van der Waals surface area contributed by atoms with E-state index in [0.29, 0.717) is 12.2 Å². The highest BCUT2D eigenvalue weighted by Gasteiger charge is 2.16. The van der Waals surface area contributed by atoms with Gasteiger partial charge in [0.1, 0.15) is 0 Å². The lowest BCUT2D eigenvalue weighted by molar-refractivity contribution is 0.0526. The van der Waals surface area contributed by atoms with Gasteiger partial charge < -0.3 is 4.74 Å². The Morgan fingerprint density at radius 3 is 2.74 bits per heavy atom.